The molecule has 2 rings (SSSR count). The summed E-state index contributed by atoms with van der Waals surface area (Å²) in [5, 5.41) is 0.635. The Morgan fingerprint density at radius 3 is 2.67 bits per heavy atom. The highest BCUT2D eigenvalue weighted by molar-refractivity contribution is 7.98. The van der Waals surface area contributed by atoms with Crippen molar-refractivity contribution < 1.29 is 4.74 Å². The highest BCUT2D eigenvalue weighted by Gasteiger charge is 2.11. The fourth-order valence-electron chi connectivity index (χ4n) is 1.34. The standard InChI is InChI=1S/C12H10Cl2N2OS/c1-18-10-5-3-2-4-9(10)17-12-8(14)6-7(13)11(15)16-12/h2-6H,1H3,(H2,15,16). The van der Waals surface area contributed by atoms with E-state index in [9.17, 15) is 0 Å². The predicted molar refractivity (Wildman–Crippen MR) is 77.0 cm³/mol. The molecule has 18 heavy (non-hydrogen) atoms. The largest absolute Gasteiger partial charge is 0.436 e. The van der Waals surface area contributed by atoms with Gasteiger partial charge in [0.15, 0.2) is 0 Å². The molecular weight excluding hydrogens is 291 g/mol. The quantitative estimate of drug-likeness (QED) is 0.849. The Morgan fingerprint density at radius 2 is 1.94 bits per heavy atom. The van der Waals surface area contributed by atoms with Crippen molar-refractivity contribution in [1.29, 1.82) is 0 Å². The second-order valence-electron chi connectivity index (χ2n) is 3.40. The van der Waals surface area contributed by atoms with E-state index in [1.165, 1.54) is 6.07 Å². The van der Waals surface area contributed by atoms with E-state index >= 15 is 0 Å². The topological polar surface area (TPSA) is 48.1 Å². The Hall–Kier alpha value is -1.10. The van der Waals surface area contributed by atoms with Crippen molar-refractivity contribution in [1.82, 2.24) is 4.98 Å². The Balaban J connectivity index is 2.37. The van der Waals surface area contributed by atoms with Crippen molar-refractivity contribution in [3.63, 3.8) is 0 Å². The van der Waals surface area contributed by atoms with E-state index in [0.717, 1.165) is 4.90 Å². The number of anilines is 1. The first kappa shape index (κ1) is 13.3. The molecule has 2 N–H and O–H groups in total. The van der Waals surface area contributed by atoms with E-state index in [1.807, 2.05) is 30.5 Å². The van der Waals surface area contributed by atoms with Crippen LogP contribution in [0, 0.1) is 0 Å². The number of thioether (sulfide) groups is 1. The molecule has 0 aliphatic carbocycles. The van der Waals surface area contributed by atoms with E-state index in [1.54, 1.807) is 11.8 Å². The van der Waals surface area contributed by atoms with Gasteiger partial charge >= 0.3 is 0 Å². The fraction of sp³-hybridized carbons (Fsp3) is 0.0833. The Labute approximate surface area is 119 Å². The molecule has 0 amide bonds. The second-order valence-corrected chi connectivity index (χ2v) is 5.06. The minimum Gasteiger partial charge on any atom is -0.436 e. The van der Waals surface area contributed by atoms with Crippen LogP contribution in [0.2, 0.25) is 10.0 Å². The lowest BCUT2D eigenvalue weighted by molar-refractivity contribution is 0.453. The molecule has 0 unspecified atom stereocenters. The number of nitrogens with two attached hydrogens (primary N) is 1. The lowest BCUT2D eigenvalue weighted by Gasteiger charge is -2.10. The predicted octanol–water partition coefficient (Wildman–Crippen LogP) is 4.48. The molecule has 0 spiro atoms. The SMILES string of the molecule is CSc1ccccc1Oc1nc(N)c(Cl)cc1Cl. The van der Waals surface area contributed by atoms with Crippen molar-refractivity contribution in [2.75, 3.05) is 12.0 Å². The zero-order chi connectivity index (χ0) is 13.1. The lowest BCUT2D eigenvalue weighted by atomic mass is 10.3. The normalized spacial score (nSPS) is 10.4. The molecule has 0 saturated heterocycles. The molecule has 3 nitrogen and oxygen atoms in total. The van der Waals surface area contributed by atoms with Gasteiger partial charge in [0.05, 0.1) is 5.02 Å². The van der Waals surface area contributed by atoms with Crippen LogP contribution in [0.15, 0.2) is 35.2 Å². The van der Waals surface area contributed by atoms with Crippen molar-refractivity contribution in [2.24, 2.45) is 0 Å². The number of ether oxygens (including phenoxy) is 1. The first-order valence-corrected chi connectivity index (χ1v) is 7.02. The van der Waals surface area contributed by atoms with Gasteiger partial charge in [0.1, 0.15) is 16.6 Å². The molecule has 0 bridgehead atoms. The summed E-state index contributed by atoms with van der Waals surface area (Å²) in [7, 11) is 0. The first-order chi connectivity index (χ1) is 8.61. The van der Waals surface area contributed by atoms with Crippen molar-refractivity contribution >= 4 is 40.8 Å². The van der Waals surface area contributed by atoms with Gasteiger partial charge in [-0.2, -0.15) is 4.98 Å². The molecule has 0 saturated carbocycles. The molecule has 2 aromatic rings. The number of rotatable bonds is 3. The summed E-state index contributed by atoms with van der Waals surface area (Å²) in [6, 6.07) is 9.12. The maximum Gasteiger partial charge on any atom is 0.240 e. The van der Waals surface area contributed by atoms with Crippen LogP contribution in [0.3, 0.4) is 0 Å². The fourth-order valence-corrected chi connectivity index (χ4v) is 2.26. The average molecular weight is 301 g/mol. The molecular formula is C12H10Cl2N2OS. The number of hydrogen-bond acceptors (Lipinski definition) is 4. The van der Waals surface area contributed by atoms with E-state index in [4.69, 9.17) is 33.7 Å². The summed E-state index contributed by atoms with van der Waals surface area (Å²) in [5.41, 5.74) is 5.63. The third-order valence-electron chi connectivity index (χ3n) is 2.20. The minimum absolute atomic E-state index is 0.192. The maximum absolute atomic E-state index is 6.01. The number of aromatic nitrogens is 1. The van der Waals surface area contributed by atoms with Gasteiger partial charge in [0.2, 0.25) is 5.88 Å². The molecule has 1 aromatic heterocycles. The van der Waals surface area contributed by atoms with Gasteiger partial charge in [-0.3, -0.25) is 0 Å². The van der Waals surface area contributed by atoms with E-state index in [0.29, 0.717) is 15.8 Å². The Kier molecular flexibility index (Phi) is 4.22. The van der Waals surface area contributed by atoms with Crippen LogP contribution in [0.4, 0.5) is 5.82 Å². The Morgan fingerprint density at radius 1 is 1.22 bits per heavy atom. The number of nitrogen functional groups attached to an aromatic ring is 1. The van der Waals surface area contributed by atoms with Crippen LogP contribution in [0.1, 0.15) is 0 Å². The van der Waals surface area contributed by atoms with E-state index in [2.05, 4.69) is 4.98 Å². The third kappa shape index (κ3) is 2.83. The summed E-state index contributed by atoms with van der Waals surface area (Å²) < 4.78 is 5.66. The molecule has 0 atom stereocenters. The van der Waals surface area contributed by atoms with Gasteiger partial charge in [-0.25, -0.2) is 0 Å². The van der Waals surface area contributed by atoms with Gasteiger partial charge in [0.25, 0.3) is 0 Å². The van der Waals surface area contributed by atoms with Crippen molar-refractivity contribution in [3.05, 3.63) is 40.4 Å². The van der Waals surface area contributed by atoms with Gasteiger partial charge in [-0.1, -0.05) is 35.3 Å². The van der Waals surface area contributed by atoms with Crippen LogP contribution in [-0.2, 0) is 0 Å². The molecule has 0 aliphatic heterocycles. The number of para-hydroxylation sites is 1. The number of hydrogen-bond donors (Lipinski definition) is 1. The first-order valence-electron chi connectivity index (χ1n) is 5.04. The Bertz CT molecular complexity index is 578. The lowest BCUT2D eigenvalue weighted by Crippen LogP contribution is -1.96. The molecule has 6 heteroatoms. The third-order valence-corrected chi connectivity index (χ3v) is 3.55. The van der Waals surface area contributed by atoms with E-state index < -0.39 is 0 Å². The summed E-state index contributed by atoms with van der Waals surface area (Å²) in [6.45, 7) is 0. The van der Waals surface area contributed by atoms with Crippen molar-refractivity contribution in [2.45, 2.75) is 4.90 Å². The number of nitrogens with zero attached hydrogens (tertiary/aromatic N) is 1. The summed E-state index contributed by atoms with van der Waals surface area (Å²) in [4.78, 5) is 5.02. The number of pyridine rings is 1. The van der Waals surface area contributed by atoms with Crippen LogP contribution < -0.4 is 10.5 Å². The molecule has 0 aliphatic rings. The van der Waals surface area contributed by atoms with Crippen molar-refractivity contribution in [3.8, 4) is 11.6 Å². The molecule has 94 valence electrons. The van der Waals surface area contributed by atoms with Crippen LogP contribution in [-0.4, -0.2) is 11.2 Å². The zero-order valence-corrected chi connectivity index (χ0v) is 11.8. The van der Waals surface area contributed by atoms with Crippen LogP contribution >= 0.6 is 35.0 Å². The van der Waals surface area contributed by atoms with E-state index in [-0.39, 0.29) is 11.7 Å². The smallest absolute Gasteiger partial charge is 0.240 e. The maximum atomic E-state index is 6.01. The summed E-state index contributed by atoms with van der Waals surface area (Å²) in [6.07, 6.45) is 1.97. The number of benzene rings is 1. The molecule has 0 radical (unpaired) electrons. The second kappa shape index (κ2) is 5.69. The van der Waals surface area contributed by atoms with Crippen LogP contribution in [0.25, 0.3) is 0 Å². The molecule has 1 aromatic carbocycles. The highest BCUT2D eigenvalue weighted by atomic mass is 35.5. The van der Waals surface area contributed by atoms with Gasteiger partial charge < -0.3 is 10.5 Å². The number of halogens is 2. The zero-order valence-electron chi connectivity index (χ0n) is 9.48. The van der Waals surface area contributed by atoms with Gasteiger partial charge in [0, 0.05) is 4.90 Å². The van der Waals surface area contributed by atoms with Gasteiger partial charge in [-0.05, 0) is 24.5 Å². The average Bonchev–Trinajstić information content (AvgIpc) is 2.36. The van der Waals surface area contributed by atoms with Crippen LogP contribution in [0.5, 0.6) is 11.6 Å². The monoisotopic (exact) mass is 300 g/mol. The summed E-state index contributed by atoms with van der Waals surface area (Å²) in [5.74, 6) is 1.12. The highest BCUT2D eigenvalue weighted by Crippen LogP contribution is 2.35. The minimum atomic E-state index is 0.192. The van der Waals surface area contributed by atoms with Gasteiger partial charge in [-0.15, -0.1) is 11.8 Å². The molecule has 1 heterocycles. The summed E-state index contributed by atoms with van der Waals surface area (Å²) >= 11 is 13.4. The molecule has 0 fully saturated rings.